The molecule has 26 heavy (non-hydrogen) atoms. The van der Waals surface area contributed by atoms with E-state index in [2.05, 4.69) is 10.4 Å². The minimum atomic E-state index is -0.141. The van der Waals surface area contributed by atoms with Gasteiger partial charge in [-0.25, -0.2) is 0 Å². The lowest BCUT2D eigenvalue weighted by molar-refractivity contribution is -0.00710. The van der Waals surface area contributed by atoms with Crippen molar-refractivity contribution in [3.8, 4) is 11.5 Å². The van der Waals surface area contributed by atoms with Gasteiger partial charge in [0, 0.05) is 25.6 Å². The third-order valence-corrected chi connectivity index (χ3v) is 4.61. The number of nitrogens with zero attached hydrogens (tertiary/aromatic N) is 2. The molecule has 0 unspecified atom stereocenters. The molecule has 1 aromatic carbocycles. The summed E-state index contributed by atoms with van der Waals surface area (Å²) >= 11 is 0. The van der Waals surface area contributed by atoms with Gasteiger partial charge in [0.25, 0.3) is 5.91 Å². The summed E-state index contributed by atoms with van der Waals surface area (Å²) in [5.41, 5.74) is 3.35. The molecule has 0 fully saturated rings. The fourth-order valence-corrected chi connectivity index (χ4v) is 3.41. The molecule has 0 saturated carbocycles. The van der Waals surface area contributed by atoms with Gasteiger partial charge in [-0.15, -0.1) is 0 Å². The van der Waals surface area contributed by atoms with Crippen LogP contribution < -0.4 is 14.8 Å². The zero-order valence-corrected chi connectivity index (χ0v) is 15.8. The number of aromatic nitrogens is 2. The van der Waals surface area contributed by atoms with Gasteiger partial charge >= 0.3 is 0 Å². The van der Waals surface area contributed by atoms with Crippen LogP contribution in [0.1, 0.15) is 47.3 Å². The molecule has 2 heterocycles. The predicted octanol–water partition coefficient (Wildman–Crippen LogP) is 2.39. The second kappa shape index (κ2) is 7.37. The van der Waals surface area contributed by atoms with E-state index in [9.17, 15) is 4.79 Å². The lowest BCUT2D eigenvalue weighted by atomic mass is 9.99. The van der Waals surface area contributed by atoms with E-state index in [0.29, 0.717) is 30.2 Å². The van der Waals surface area contributed by atoms with Gasteiger partial charge in [0.2, 0.25) is 0 Å². The molecule has 2 aromatic rings. The average molecular weight is 359 g/mol. The number of rotatable bonds is 5. The quantitative estimate of drug-likeness (QED) is 0.887. The molecule has 0 aliphatic carbocycles. The minimum Gasteiger partial charge on any atom is -0.493 e. The van der Waals surface area contributed by atoms with Crippen LogP contribution in [0, 0.1) is 0 Å². The summed E-state index contributed by atoms with van der Waals surface area (Å²) < 4.78 is 18.0. The van der Waals surface area contributed by atoms with Gasteiger partial charge in [0.05, 0.1) is 32.1 Å². The first kappa shape index (κ1) is 18.3. The molecule has 0 spiro atoms. The number of benzene rings is 1. The summed E-state index contributed by atoms with van der Waals surface area (Å²) in [4.78, 5) is 12.8. The minimum absolute atomic E-state index is 0.0686. The fourth-order valence-electron chi connectivity index (χ4n) is 3.41. The van der Waals surface area contributed by atoms with Gasteiger partial charge < -0.3 is 19.5 Å². The van der Waals surface area contributed by atoms with Crippen molar-refractivity contribution in [2.24, 2.45) is 7.05 Å². The molecule has 7 heteroatoms. The summed E-state index contributed by atoms with van der Waals surface area (Å²) in [7, 11) is 4.98. The normalized spacial score (nSPS) is 19.0. The van der Waals surface area contributed by atoms with Crippen LogP contribution in [0.5, 0.6) is 11.5 Å². The van der Waals surface area contributed by atoms with Crippen LogP contribution in [0.25, 0.3) is 0 Å². The molecule has 1 aliphatic rings. The molecule has 1 amide bonds. The molecule has 7 nitrogen and oxygen atoms in total. The fraction of sp³-hybridized carbons (Fsp3) is 0.474. The predicted molar refractivity (Wildman–Crippen MR) is 96.6 cm³/mol. The van der Waals surface area contributed by atoms with Gasteiger partial charge in [-0.05, 0) is 31.5 Å². The molecule has 0 radical (unpaired) electrons. The number of hydrogen-bond donors (Lipinski definition) is 1. The highest BCUT2D eigenvalue weighted by atomic mass is 16.5. The number of amides is 1. The lowest BCUT2D eigenvalue weighted by Crippen LogP contribution is -2.28. The largest absolute Gasteiger partial charge is 0.493 e. The molecular weight excluding hydrogens is 334 g/mol. The number of hydrogen-bond acceptors (Lipinski definition) is 5. The van der Waals surface area contributed by atoms with Crippen LogP contribution in [0.2, 0.25) is 0 Å². The highest BCUT2D eigenvalue weighted by Crippen LogP contribution is 2.31. The highest BCUT2D eigenvalue weighted by molar-refractivity contribution is 5.94. The number of methoxy groups -OCH3 is 2. The highest BCUT2D eigenvalue weighted by Gasteiger charge is 2.31. The summed E-state index contributed by atoms with van der Waals surface area (Å²) in [5, 5.41) is 7.46. The number of nitrogens with one attached hydrogen (secondary N) is 1. The number of ether oxygens (including phenoxy) is 3. The summed E-state index contributed by atoms with van der Waals surface area (Å²) in [6, 6.07) is 5.58. The van der Waals surface area contributed by atoms with E-state index in [1.807, 2.05) is 32.0 Å². The van der Waals surface area contributed by atoms with E-state index in [-0.39, 0.29) is 18.1 Å². The standard InChI is InChI=1S/C19H25N3O4/c1-11-8-14-17(12(2)26-11)21-22(3)18(14)19(23)20-10-13-6-7-15(24-4)16(9-13)25-5/h6-7,9,11-12H,8,10H2,1-5H3,(H,20,23)/t11-,12+/m1/s1. The molecule has 0 bridgehead atoms. The van der Waals surface area contributed by atoms with Crippen molar-refractivity contribution in [3.05, 3.63) is 40.7 Å². The van der Waals surface area contributed by atoms with E-state index < -0.39 is 0 Å². The van der Waals surface area contributed by atoms with Crippen molar-refractivity contribution < 1.29 is 19.0 Å². The van der Waals surface area contributed by atoms with Gasteiger partial charge in [-0.1, -0.05) is 6.07 Å². The SMILES string of the molecule is COc1ccc(CNC(=O)c2c3c(nn2C)[C@H](C)O[C@H](C)C3)cc1OC. The van der Waals surface area contributed by atoms with Crippen molar-refractivity contribution in [2.45, 2.75) is 39.0 Å². The van der Waals surface area contributed by atoms with Crippen LogP contribution in [0.15, 0.2) is 18.2 Å². The van der Waals surface area contributed by atoms with Gasteiger partial charge in [0.15, 0.2) is 11.5 Å². The summed E-state index contributed by atoms with van der Waals surface area (Å²) in [6.45, 7) is 4.37. The first-order valence-electron chi connectivity index (χ1n) is 8.65. The van der Waals surface area contributed by atoms with Crippen LogP contribution >= 0.6 is 0 Å². The zero-order chi connectivity index (χ0) is 18.8. The lowest BCUT2D eigenvalue weighted by Gasteiger charge is -2.24. The Morgan fingerprint density at radius 3 is 2.73 bits per heavy atom. The van der Waals surface area contributed by atoms with Crippen LogP contribution in [-0.4, -0.2) is 36.0 Å². The molecule has 140 valence electrons. The van der Waals surface area contributed by atoms with Gasteiger partial charge in [-0.3, -0.25) is 9.48 Å². The average Bonchev–Trinajstić information content (AvgIpc) is 2.95. The van der Waals surface area contributed by atoms with Crippen LogP contribution in [0.4, 0.5) is 0 Å². The maximum atomic E-state index is 12.8. The second-order valence-electron chi connectivity index (χ2n) is 6.50. The van der Waals surface area contributed by atoms with Gasteiger partial charge in [0.1, 0.15) is 5.69 Å². The molecule has 1 N–H and O–H groups in total. The van der Waals surface area contributed by atoms with Crippen molar-refractivity contribution >= 4 is 5.91 Å². The van der Waals surface area contributed by atoms with Crippen LogP contribution in [0.3, 0.4) is 0 Å². The Labute approximate surface area is 153 Å². The van der Waals surface area contributed by atoms with E-state index in [1.54, 1.807) is 25.9 Å². The molecule has 2 atom stereocenters. The maximum Gasteiger partial charge on any atom is 0.270 e. The summed E-state index contributed by atoms with van der Waals surface area (Å²) in [6.07, 6.45) is 0.651. The van der Waals surface area contributed by atoms with Crippen LogP contribution in [-0.2, 0) is 24.8 Å². The molecule has 1 aromatic heterocycles. The zero-order valence-electron chi connectivity index (χ0n) is 15.8. The molecular formula is C19H25N3O4. The Balaban J connectivity index is 1.77. The van der Waals surface area contributed by atoms with Crippen molar-refractivity contribution in [1.82, 2.24) is 15.1 Å². The maximum absolute atomic E-state index is 12.8. The number of carbonyl (C=O) groups is 1. The van der Waals surface area contributed by atoms with Crippen molar-refractivity contribution in [1.29, 1.82) is 0 Å². The Morgan fingerprint density at radius 1 is 1.31 bits per heavy atom. The third kappa shape index (κ3) is 3.39. The first-order chi connectivity index (χ1) is 12.4. The van der Waals surface area contributed by atoms with Gasteiger partial charge in [-0.2, -0.15) is 5.10 Å². The summed E-state index contributed by atoms with van der Waals surface area (Å²) in [5.74, 6) is 1.15. The first-order valence-corrected chi connectivity index (χ1v) is 8.65. The Kier molecular flexibility index (Phi) is 5.18. The molecule has 1 aliphatic heterocycles. The number of carbonyl (C=O) groups excluding carboxylic acids is 1. The molecule has 3 rings (SSSR count). The Hall–Kier alpha value is -2.54. The monoisotopic (exact) mass is 359 g/mol. The van der Waals surface area contributed by atoms with Crippen molar-refractivity contribution in [2.75, 3.05) is 14.2 Å². The molecule has 0 saturated heterocycles. The topological polar surface area (TPSA) is 74.6 Å². The Morgan fingerprint density at radius 2 is 2.04 bits per heavy atom. The van der Waals surface area contributed by atoms with E-state index in [4.69, 9.17) is 14.2 Å². The number of aryl methyl sites for hydroxylation is 1. The Bertz CT molecular complexity index is 815. The second-order valence-corrected chi connectivity index (χ2v) is 6.50. The third-order valence-electron chi connectivity index (χ3n) is 4.61. The number of fused-ring (bicyclic) bond motifs is 1. The van der Waals surface area contributed by atoms with E-state index in [0.717, 1.165) is 16.8 Å². The van der Waals surface area contributed by atoms with Crippen molar-refractivity contribution in [3.63, 3.8) is 0 Å². The smallest absolute Gasteiger partial charge is 0.270 e. The van der Waals surface area contributed by atoms with E-state index >= 15 is 0 Å². The van der Waals surface area contributed by atoms with E-state index in [1.165, 1.54) is 0 Å².